The Labute approximate surface area is 113 Å². The van der Waals surface area contributed by atoms with Crippen LogP contribution in [-0.4, -0.2) is 33.6 Å². The van der Waals surface area contributed by atoms with Gasteiger partial charge in [0.25, 0.3) is 20.2 Å². The number of hydrogen-bond acceptors (Lipinski definition) is 5. The zero-order chi connectivity index (χ0) is 14.7. The van der Waals surface area contributed by atoms with Gasteiger partial charge in [-0.25, -0.2) is 13.1 Å². The van der Waals surface area contributed by atoms with Gasteiger partial charge in [-0.3, -0.25) is 0 Å². The van der Waals surface area contributed by atoms with Gasteiger partial charge < -0.3 is 5.73 Å². The summed E-state index contributed by atoms with van der Waals surface area (Å²) in [4.78, 5) is -0.157. The van der Waals surface area contributed by atoms with E-state index in [0.717, 1.165) is 0 Å². The first-order chi connectivity index (χ1) is 8.75. The maximum absolute atomic E-state index is 12.3. The summed E-state index contributed by atoms with van der Waals surface area (Å²) < 4.78 is 50.9. The summed E-state index contributed by atoms with van der Waals surface area (Å²) >= 11 is 0. The third-order valence-corrected chi connectivity index (χ3v) is 6.55. The third kappa shape index (κ3) is 3.44. The highest BCUT2D eigenvalue weighted by atomic mass is 32.3. The first-order valence-electron chi connectivity index (χ1n) is 5.63. The Hall–Kier alpha value is -1.16. The molecule has 0 radical (unpaired) electrons. The van der Waals surface area contributed by atoms with E-state index < -0.39 is 20.2 Å². The molecule has 0 amide bonds. The molecule has 0 aliphatic carbocycles. The SMILES string of the molecule is CCNS(=O)(=O)N(CC)S(=O)(=O)c1cccc(N)c1. The molecule has 108 valence electrons. The van der Waals surface area contributed by atoms with Crippen LogP contribution in [0.15, 0.2) is 29.2 Å². The zero-order valence-electron chi connectivity index (χ0n) is 10.7. The summed E-state index contributed by atoms with van der Waals surface area (Å²) in [5.41, 5.74) is 5.76. The number of benzene rings is 1. The smallest absolute Gasteiger partial charge is 0.292 e. The minimum Gasteiger partial charge on any atom is -0.399 e. The van der Waals surface area contributed by atoms with Gasteiger partial charge in [0, 0.05) is 18.8 Å². The number of nitrogens with one attached hydrogen (secondary N) is 1. The Bertz CT molecular complexity index is 640. The summed E-state index contributed by atoms with van der Waals surface area (Å²) in [6.07, 6.45) is 0. The van der Waals surface area contributed by atoms with Gasteiger partial charge >= 0.3 is 0 Å². The Morgan fingerprint density at radius 3 is 2.32 bits per heavy atom. The predicted octanol–water partition coefficient (Wildman–Crippen LogP) is 0.134. The lowest BCUT2D eigenvalue weighted by molar-refractivity contribution is 0.498. The number of nitrogens with zero attached hydrogens (tertiary/aromatic N) is 1. The molecule has 0 aliphatic heterocycles. The molecular weight excluding hydrogens is 290 g/mol. The van der Waals surface area contributed by atoms with E-state index in [0.29, 0.717) is 3.71 Å². The largest absolute Gasteiger partial charge is 0.399 e. The van der Waals surface area contributed by atoms with Crippen molar-refractivity contribution in [2.45, 2.75) is 18.7 Å². The lowest BCUT2D eigenvalue weighted by Crippen LogP contribution is -2.44. The first-order valence-corrected chi connectivity index (χ1v) is 8.51. The van der Waals surface area contributed by atoms with E-state index in [2.05, 4.69) is 4.72 Å². The molecule has 1 rings (SSSR count). The molecular formula is C10H17N3O4S2. The van der Waals surface area contributed by atoms with Gasteiger partial charge in [-0.05, 0) is 18.2 Å². The van der Waals surface area contributed by atoms with Crippen molar-refractivity contribution in [2.75, 3.05) is 18.8 Å². The quantitative estimate of drug-likeness (QED) is 0.726. The van der Waals surface area contributed by atoms with Crippen molar-refractivity contribution in [3.05, 3.63) is 24.3 Å². The molecule has 0 saturated carbocycles. The number of anilines is 1. The van der Waals surface area contributed by atoms with Crippen molar-refractivity contribution in [3.63, 3.8) is 0 Å². The molecule has 0 heterocycles. The fourth-order valence-corrected chi connectivity index (χ4v) is 4.93. The van der Waals surface area contributed by atoms with E-state index in [4.69, 9.17) is 5.73 Å². The molecule has 9 heteroatoms. The second-order valence-electron chi connectivity index (χ2n) is 3.67. The van der Waals surface area contributed by atoms with E-state index in [9.17, 15) is 16.8 Å². The lowest BCUT2D eigenvalue weighted by Gasteiger charge is -2.20. The van der Waals surface area contributed by atoms with Crippen molar-refractivity contribution in [3.8, 4) is 0 Å². The zero-order valence-corrected chi connectivity index (χ0v) is 12.3. The van der Waals surface area contributed by atoms with Gasteiger partial charge in [0.15, 0.2) is 0 Å². The Morgan fingerprint density at radius 1 is 1.21 bits per heavy atom. The van der Waals surface area contributed by atoms with Crippen LogP contribution in [0, 0.1) is 0 Å². The van der Waals surface area contributed by atoms with Gasteiger partial charge in [-0.2, -0.15) is 8.42 Å². The van der Waals surface area contributed by atoms with Crippen LogP contribution < -0.4 is 10.5 Å². The molecule has 3 N–H and O–H groups in total. The molecule has 19 heavy (non-hydrogen) atoms. The molecule has 0 spiro atoms. The van der Waals surface area contributed by atoms with Crippen LogP contribution in [0.1, 0.15) is 13.8 Å². The highest BCUT2D eigenvalue weighted by Crippen LogP contribution is 2.20. The molecule has 1 aromatic rings. The number of nitrogen functional groups attached to an aromatic ring is 1. The second kappa shape index (κ2) is 5.87. The van der Waals surface area contributed by atoms with Crippen LogP contribution in [0.25, 0.3) is 0 Å². The molecule has 0 saturated heterocycles. The summed E-state index contributed by atoms with van der Waals surface area (Å²) in [7, 11) is -8.24. The van der Waals surface area contributed by atoms with Crippen molar-refractivity contribution < 1.29 is 16.8 Å². The van der Waals surface area contributed by atoms with Gasteiger partial charge in [0.05, 0.1) is 4.90 Å². The Kier molecular flexibility index (Phi) is 4.91. The second-order valence-corrected chi connectivity index (χ2v) is 7.44. The summed E-state index contributed by atoms with van der Waals surface area (Å²) in [6.45, 7) is 2.91. The number of rotatable bonds is 6. The van der Waals surface area contributed by atoms with Crippen molar-refractivity contribution in [2.24, 2.45) is 0 Å². The third-order valence-electron chi connectivity index (χ3n) is 2.28. The maximum atomic E-state index is 12.3. The summed E-state index contributed by atoms with van der Waals surface area (Å²) in [5.74, 6) is 0. The molecule has 0 bridgehead atoms. The number of nitrogens with two attached hydrogens (primary N) is 1. The molecule has 0 atom stereocenters. The van der Waals surface area contributed by atoms with Crippen LogP contribution in [0.4, 0.5) is 5.69 Å². The van der Waals surface area contributed by atoms with Crippen LogP contribution >= 0.6 is 0 Å². The van der Waals surface area contributed by atoms with Gasteiger partial charge in [-0.1, -0.05) is 23.6 Å². The minimum atomic E-state index is -4.15. The lowest BCUT2D eigenvalue weighted by atomic mass is 10.3. The van der Waals surface area contributed by atoms with Crippen LogP contribution in [-0.2, 0) is 20.2 Å². The number of hydrogen-bond donors (Lipinski definition) is 2. The van der Waals surface area contributed by atoms with Gasteiger partial charge in [0.2, 0.25) is 0 Å². The van der Waals surface area contributed by atoms with Crippen molar-refractivity contribution in [1.82, 2.24) is 8.43 Å². The summed E-state index contributed by atoms with van der Waals surface area (Å²) in [6, 6.07) is 5.50. The summed E-state index contributed by atoms with van der Waals surface area (Å²) in [5, 5.41) is 0. The van der Waals surface area contributed by atoms with E-state index >= 15 is 0 Å². The fraction of sp³-hybridized carbons (Fsp3) is 0.400. The standard InChI is InChI=1S/C10H17N3O4S2/c1-3-12-19(16,17)13(4-2)18(14,15)10-7-5-6-9(11)8-10/h5-8,12H,3-4,11H2,1-2H3. The molecule has 0 aromatic heterocycles. The van der Waals surface area contributed by atoms with Crippen LogP contribution in [0.2, 0.25) is 0 Å². The predicted molar refractivity (Wildman–Crippen MR) is 73.0 cm³/mol. The van der Waals surface area contributed by atoms with E-state index in [1.54, 1.807) is 6.92 Å². The normalized spacial score (nSPS) is 12.8. The van der Waals surface area contributed by atoms with Crippen LogP contribution in [0.5, 0.6) is 0 Å². The van der Waals surface area contributed by atoms with Gasteiger partial charge in [-0.15, -0.1) is 0 Å². The van der Waals surface area contributed by atoms with Crippen molar-refractivity contribution >= 4 is 25.9 Å². The highest BCUT2D eigenvalue weighted by molar-refractivity contribution is 8.03. The monoisotopic (exact) mass is 307 g/mol. The molecule has 1 aromatic carbocycles. The molecule has 7 nitrogen and oxygen atoms in total. The minimum absolute atomic E-state index is 0.102. The average molecular weight is 307 g/mol. The first kappa shape index (κ1) is 15.9. The fourth-order valence-electron chi connectivity index (χ4n) is 1.52. The van der Waals surface area contributed by atoms with E-state index in [-0.39, 0.29) is 23.7 Å². The Morgan fingerprint density at radius 2 is 1.84 bits per heavy atom. The number of sulfonamides is 1. The molecule has 0 aliphatic rings. The Balaban J connectivity index is 3.32. The molecule has 0 unspecified atom stereocenters. The average Bonchev–Trinajstić information content (AvgIpc) is 2.28. The van der Waals surface area contributed by atoms with E-state index in [1.165, 1.54) is 31.2 Å². The van der Waals surface area contributed by atoms with Gasteiger partial charge in [0.1, 0.15) is 0 Å². The highest BCUT2D eigenvalue weighted by Gasteiger charge is 2.33. The molecule has 0 fully saturated rings. The maximum Gasteiger partial charge on any atom is 0.292 e. The van der Waals surface area contributed by atoms with Crippen LogP contribution in [0.3, 0.4) is 0 Å². The topological polar surface area (TPSA) is 110 Å². The van der Waals surface area contributed by atoms with Crippen molar-refractivity contribution in [1.29, 1.82) is 0 Å². The van der Waals surface area contributed by atoms with E-state index in [1.807, 2.05) is 0 Å².